The number of carbonyl (C=O) groups excluding carboxylic acids is 1. The van der Waals surface area contributed by atoms with E-state index < -0.39 is 0 Å². The van der Waals surface area contributed by atoms with Gasteiger partial charge in [-0.15, -0.1) is 0 Å². The molecule has 0 aliphatic rings. The van der Waals surface area contributed by atoms with Gasteiger partial charge in [0, 0.05) is 19.0 Å². The van der Waals surface area contributed by atoms with Crippen molar-refractivity contribution in [3.63, 3.8) is 0 Å². The molecule has 0 heterocycles. The number of benzene rings is 3. The van der Waals surface area contributed by atoms with E-state index in [-0.39, 0.29) is 12.5 Å². The fourth-order valence-corrected chi connectivity index (χ4v) is 3.61. The van der Waals surface area contributed by atoms with Crippen LogP contribution < -0.4 is 19.6 Å². The highest BCUT2D eigenvalue weighted by Gasteiger charge is 2.11. The zero-order chi connectivity index (χ0) is 23.6. The Labute approximate surface area is 217 Å². The largest absolute Gasteiger partial charge is 0.490 e. The van der Waals surface area contributed by atoms with E-state index in [1.165, 1.54) is 6.21 Å². The van der Waals surface area contributed by atoms with Crippen molar-refractivity contribution >= 4 is 59.9 Å². The number of hydrogen-bond donors (Lipinski definition) is 1. The maximum Gasteiger partial charge on any atom is 0.277 e. The van der Waals surface area contributed by atoms with Gasteiger partial charge < -0.3 is 14.2 Å². The van der Waals surface area contributed by atoms with Crippen molar-refractivity contribution in [3.05, 3.63) is 85.2 Å². The molecule has 0 saturated carbocycles. The maximum atomic E-state index is 12.0. The highest BCUT2D eigenvalue weighted by Crippen LogP contribution is 2.34. The van der Waals surface area contributed by atoms with Gasteiger partial charge in [0.25, 0.3) is 5.91 Å². The van der Waals surface area contributed by atoms with E-state index in [0.29, 0.717) is 30.5 Å². The topological polar surface area (TPSA) is 69.2 Å². The van der Waals surface area contributed by atoms with Crippen molar-refractivity contribution in [1.82, 2.24) is 5.43 Å². The number of amides is 1. The minimum absolute atomic E-state index is 0.146. The second-order valence-electron chi connectivity index (χ2n) is 6.70. The lowest BCUT2D eigenvalue weighted by molar-refractivity contribution is -0.123. The SMILES string of the molecule is CCOc1cc(/C=N\NC(=O)COc2ccc(Br)cc2)c(Br)cc1OCc1ccc(Br)cc1. The number of halogens is 3. The number of nitrogens with zero attached hydrogens (tertiary/aromatic N) is 1. The van der Waals surface area contributed by atoms with Gasteiger partial charge >= 0.3 is 0 Å². The van der Waals surface area contributed by atoms with Crippen molar-refractivity contribution in [1.29, 1.82) is 0 Å². The van der Waals surface area contributed by atoms with Crippen LogP contribution in [-0.4, -0.2) is 25.3 Å². The summed E-state index contributed by atoms with van der Waals surface area (Å²) in [5.74, 6) is 1.42. The molecule has 9 heteroatoms. The van der Waals surface area contributed by atoms with Crippen LogP contribution in [0.15, 0.2) is 79.2 Å². The van der Waals surface area contributed by atoms with Gasteiger partial charge in [0.2, 0.25) is 0 Å². The predicted octanol–water partition coefficient (Wildman–Crippen LogP) is 6.48. The Balaban J connectivity index is 1.60. The summed E-state index contributed by atoms with van der Waals surface area (Å²) in [7, 11) is 0. The van der Waals surface area contributed by atoms with Gasteiger partial charge in [0.05, 0.1) is 12.8 Å². The number of carbonyl (C=O) groups is 1. The van der Waals surface area contributed by atoms with Crippen LogP contribution in [-0.2, 0) is 11.4 Å². The molecule has 3 aromatic carbocycles. The molecular weight excluding hydrogens is 620 g/mol. The zero-order valence-electron chi connectivity index (χ0n) is 17.7. The molecule has 0 fully saturated rings. The Hall–Kier alpha value is -2.36. The van der Waals surface area contributed by atoms with Crippen molar-refractivity contribution in [2.24, 2.45) is 5.10 Å². The predicted molar refractivity (Wildman–Crippen MR) is 139 cm³/mol. The zero-order valence-corrected chi connectivity index (χ0v) is 22.4. The first kappa shape index (κ1) is 25.3. The second kappa shape index (κ2) is 12.8. The van der Waals surface area contributed by atoms with Crippen molar-refractivity contribution in [2.45, 2.75) is 13.5 Å². The smallest absolute Gasteiger partial charge is 0.277 e. The van der Waals surface area contributed by atoms with E-state index in [9.17, 15) is 4.79 Å². The highest BCUT2D eigenvalue weighted by atomic mass is 79.9. The van der Waals surface area contributed by atoms with Crippen molar-refractivity contribution in [3.8, 4) is 17.2 Å². The van der Waals surface area contributed by atoms with Crippen LogP contribution in [0.3, 0.4) is 0 Å². The molecule has 0 unspecified atom stereocenters. The molecule has 0 aromatic heterocycles. The molecule has 0 radical (unpaired) electrons. The molecule has 0 aliphatic carbocycles. The normalized spacial score (nSPS) is 10.8. The minimum Gasteiger partial charge on any atom is -0.490 e. The number of rotatable bonds is 10. The number of hydrazone groups is 1. The molecule has 3 rings (SSSR count). The van der Waals surface area contributed by atoms with Gasteiger partial charge in [-0.1, -0.05) is 44.0 Å². The Morgan fingerprint density at radius 1 is 0.909 bits per heavy atom. The Morgan fingerprint density at radius 3 is 2.21 bits per heavy atom. The molecule has 172 valence electrons. The van der Waals surface area contributed by atoms with Gasteiger partial charge in [-0.05, 0) is 76.9 Å². The lowest BCUT2D eigenvalue weighted by atomic mass is 10.2. The van der Waals surface area contributed by atoms with E-state index in [2.05, 4.69) is 58.3 Å². The van der Waals surface area contributed by atoms with Gasteiger partial charge in [0.15, 0.2) is 18.1 Å². The molecule has 0 atom stereocenters. The van der Waals surface area contributed by atoms with E-state index in [1.807, 2.05) is 49.4 Å². The molecule has 0 aliphatic heterocycles. The van der Waals surface area contributed by atoms with Crippen LogP contribution in [0.2, 0.25) is 0 Å². The summed E-state index contributed by atoms with van der Waals surface area (Å²) in [6, 6.07) is 18.8. The van der Waals surface area contributed by atoms with Gasteiger partial charge in [-0.25, -0.2) is 5.43 Å². The summed E-state index contributed by atoms with van der Waals surface area (Å²) in [5, 5.41) is 4.02. The van der Waals surface area contributed by atoms with Crippen molar-refractivity contribution in [2.75, 3.05) is 13.2 Å². The van der Waals surface area contributed by atoms with Gasteiger partial charge in [-0.2, -0.15) is 5.10 Å². The standard InChI is InChI=1S/C24H21Br3N2O4/c1-2-31-22-11-17(13-28-29-24(30)15-32-20-9-7-19(26)8-10-20)21(27)12-23(22)33-14-16-3-5-18(25)6-4-16/h3-13H,2,14-15H2,1H3,(H,29,30)/b28-13-. The van der Waals surface area contributed by atoms with Gasteiger partial charge in [0.1, 0.15) is 12.4 Å². The van der Waals surface area contributed by atoms with Gasteiger partial charge in [-0.3, -0.25) is 4.79 Å². The van der Waals surface area contributed by atoms with Crippen LogP contribution in [0, 0.1) is 0 Å². The summed E-state index contributed by atoms with van der Waals surface area (Å²) >= 11 is 10.3. The van der Waals surface area contributed by atoms with Crippen LogP contribution in [0.4, 0.5) is 0 Å². The molecule has 1 N–H and O–H groups in total. The fourth-order valence-electron chi connectivity index (χ4n) is 2.66. The lowest BCUT2D eigenvalue weighted by Gasteiger charge is -2.14. The second-order valence-corrected chi connectivity index (χ2v) is 9.39. The molecule has 3 aromatic rings. The van der Waals surface area contributed by atoms with E-state index in [1.54, 1.807) is 18.2 Å². The monoisotopic (exact) mass is 638 g/mol. The van der Waals surface area contributed by atoms with Crippen LogP contribution in [0.1, 0.15) is 18.1 Å². The summed E-state index contributed by atoms with van der Waals surface area (Å²) in [4.78, 5) is 12.0. The Bertz CT molecular complexity index is 1100. The lowest BCUT2D eigenvalue weighted by Crippen LogP contribution is -2.24. The first-order valence-corrected chi connectivity index (χ1v) is 12.4. The Morgan fingerprint density at radius 2 is 1.55 bits per heavy atom. The van der Waals surface area contributed by atoms with Crippen molar-refractivity contribution < 1.29 is 19.0 Å². The summed E-state index contributed by atoms with van der Waals surface area (Å²) < 4.78 is 19.8. The third kappa shape index (κ3) is 8.17. The first-order chi connectivity index (χ1) is 15.9. The number of ether oxygens (including phenoxy) is 3. The molecule has 33 heavy (non-hydrogen) atoms. The fraction of sp³-hybridized carbons (Fsp3) is 0.167. The molecule has 6 nitrogen and oxygen atoms in total. The summed E-state index contributed by atoms with van der Waals surface area (Å²) in [5.41, 5.74) is 4.22. The van der Waals surface area contributed by atoms with E-state index in [0.717, 1.165) is 24.5 Å². The van der Waals surface area contributed by atoms with Crippen LogP contribution in [0.25, 0.3) is 0 Å². The minimum atomic E-state index is -0.371. The average molecular weight is 641 g/mol. The molecular formula is C24H21Br3N2O4. The maximum absolute atomic E-state index is 12.0. The first-order valence-electron chi connectivity index (χ1n) is 9.98. The average Bonchev–Trinajstić information content (AvgIpc) is 2.80. The summed E-state index contributed by atoms with van der Waals surface area (Å²) in [6.07, 6.45) is 1.53. The van der Waals surface area contributed by atoms with Crippen LogP contribution >= 0.6 is 47.8 Å². The molecule has 1 amide bonds. The summed E-state index contributed by atoms with van der Waals surface area (Å²) in [6.45, 7) is 2.64. The quantitative estimate of drug-likeness (QED) is 0.203. The molecule has 0 bridgehead atoms. The highest BCUT2D eigenvalue weighted by molar-refractivity contribution is 9.11. The van der Waals surface area contributed by atoms with Crippen LogP contribution in [0.5, 0.6) is 17.2 Å². The molecule has 0 spiro atoms. The third-order valence-corrected chi connectivity index (χ3v) is 5.99. The number of nitrogens with one attached hydrogen (secondary N) is 1. The molecule has 0 saturated heterocycles. The van der Waals surface area contributed by atoms with E-state index >= 15 is 0 Å². The third-order valence-electron chi connectivity index (χ3n) is 4.25. The van der Waals surface area contributed by atoms with E-state index in [4.69, 9.17) is 14.2 Å². The number of hydrogen-bond acceptors (Lipinski definition) is 5. The Kier molecular flexibility index (Phi) is 9.77.